The fourth-order valence-corrected chi connectivity index (χ4v) is 3.70. The molecule has 2 heterocycles. The van der Waals surface area contributed by atoms with E-state index in [1.807, 2.05) is 49.4 Å². The Morgan fingerprint density at radius 1 is 1.07 bits per heavy atom. The van der Waals surface area contributed by atoms with Gasteiger partial charge in [-0.05, 0) is 62.1 Å². The molecule has 0 radical (unpaired) electrons. The monoisotopic (exact) mass is 390 g/mol. The molecule has 6 nitrogen and oxygen atoms in total. The molecule has 150 valence electrons. The van der Waals surface area contributed by atoms with E-state index in [2.05, 4.69) is 20.2 Å². The Hall–Kier alpha value is -3.15. The van der Waals surface area contributed by atoms with Gasteiger partial charge in [-0.2, -0.15) is 0 Å². The number of fused-ring (bicyclic) bond motifs is 1. The summed E-state index contributed by atoms with van der Waals surface area (Å²) in [5.41, 5.74) is 2.51. The number of piperidine rings is 1. The van der Waals surface area contributed by atoms with Gasteiger partial charge < -0.3 is 15.0 Å². The van der Waals surface area contributed by atoms with E-state index in [1.165, 1.54) is 19.3 Å². The molecule has 0 saturated carbocycles. The minimum Gasteiger partial charge on any atom is -0.494 e. The van der Waals surface area contributed by atoms with Crippen LogP contribution in [-0.2, 0) is 6.54 Å². The summed E-state index contributed by atoms with van der Waals surface area (Å²) in [5.74, 6) is 1.66. The van der Waals surface area contributed by atoms with E-state index in [1.54, 1.807) is 6.33 Å². The first-order chi connectivity index (χ1) is 14.2. The molecule has 1 saturated heterocycles. The maximum absolute atomic E-state index is 12.7. The smallest absolute Gasteiger partial charge is 0.251 e. The van der Waals surface area contributed by atoms with E-state index in [0.717, 1.165) is 41.1 Å². The SMILES string of the molecule is CCOc1ccc(CNC(=O)c2ccc3ncnc(N4CCCCC4)c3c2)cc1. The van der Waals surface area contributed by atoms with Gasteiger partial charge in [0.15, 0.2) is 0 Å². The van der Waals surface area contributed by atoms with Gasteiger partial charge in [-0.1, -0.05) is 12.1 Å². The van der Waals surface area contributed by atoms with Crippen LogP contribution in [-0.4, -0.2) is 35.6 Å². The molecule has 1 aliphatic heterocycles. The molecule has 0 atom stereocenters. The van der Waals surface area contributed by atoms with Crippen molar-refractivity contribution in [2.45, 2.75) is 32.7 Å². The van der Waals surface area contributed by atoms with Crippen molar-refractivity contribution in [1.29, 1.82) is 0 Å². The predicted molar refractivity (Wildman–Crippen MR) is 114 cm³/mol. The molecule has 0 spiro atoms. The van der Waals surface area contributed by atoms with Crippen LogP contribution in [0.2, 0.25) is 0 Å². The zero-order valence-electron chi connectivity index (χ0n) is 16.7. The van der Waals surface area contributed by atoms with Crippen molar-refractivity contribution in [1.82, 2.24) is 15.3 Å². The Morgan fingerprint density at radius 3 is 2.62 bits per heavy atom. The van der Waals surface area contributed by atoms with Gasteiger partial charge in [0.05, 0.1) is 12.1 Å². The molecule has 6 heteroatoms. The van der Waals surface area contributed by atoms with Crippen LogP contribution in [0.4, 0.5) is 5.82 Å². The topological polar surface area (TPSA) is 67.3 Å². The molecular formula is C23H26N4O2. The van der Waals surface area contributed by atoms with Crippen LogP contribution in [0.25, 0.3) is 10.9 Å². The van der Waals surface area contributed by atoms with Crippen molar-refractivity contribution in [3.63, 3.8) is 0 Å². The van der Waals surface area contributed by atoms with Crippen LogP contribution < -0.4 is 15.0 Å². The first kappa shape index (κ1) is 19.2. The number of hydrogen-bond acceptors (Lipinski definition) is 5. The zero-order chi connectivity index (χ0) is 20.1. The molecule has 1 aromatic heterocycles. The Morgan fingerprint density at radius 2 is 1.86 bits per heavy atom. The zero-order valence-corrected chi connectivity index (χ0v) is 16.7. The molecule has 1 aliphatic rings. The van der Waals surface area contributed by atoms with Crippen LogP contribution in [0.15, 0.2) is 48.8 Å². The van der Waals surface area contributed by atoms with Gasteiger partial charge in [-0.25, -0.2) is 9.97 Å². The lowest BCUT2D eigenvalue weighted by Crippen LogP contribution is -2.30. The van der Waals surface area contributed by atoms with Gasteiger partial charge >= 0.3 is 0 Å². The second-order valence-corrected chi connectivity index (χ2v) is 7.24. The number of amides is 1. The van der Waals surface area contributed by atoms with Crippen molar-refractivity contribution in [2.24, 2.45) is 0 Å². The number of carbonyl (C=O) groups excluding carboxylic acids is 1. The average Bonchev–Trinajstić information content (AvgIpc) is 2.78. The van der Waals surface area contributed by atoms with Gasteiger partial charge in [-0.3, -0.25) is 4.79 Å². The number of anilines is 1. The fourth-order valence-electron chi connectivity index (χ4n) is 3.70. The number of rotatable bonds is 6. The lowest BCUT2D eigenvalue weighted by molar-refractivity contribution is 0.0951. The van der Waals surface area contributed by atoms with Gasteiger partial charge in [0, 0.05) is 30.6 Å². The molecule has 1 N–H and O–H groups in total. The third-order valence-electron chi connectivity index (χ3n) is 5.22. The van der Waals surface area contributed by atoms with Crippen molar-refractivity contribution < 1.29 is 9.53 Å². The molecule has 0 unspecified atom stereocenters. The van der Waals surface area contributed by atoms with Gasteiger partial charge in [0.25, 0.3) is 5.91 Å². The predicted octanol–water partition coefficient (Wildman–Crippen LogP) is 3.95. The number of nitrogens with one attached hydrogen (secondary N) is 1. The highest BCUT2D eigenvalue weighted by atomic mass is 16.5. The van der Waals surface area contributed by atoms with Crippen LogP contribution in [0, 0.1) is 0 Å². The van der Waals surface area contributed by atoms with Gasteiger partial charge in [0.2, 0.25) is 0 Å². The molecule has 0 aliphatic carbocycles. The van der Waals surface area contributed by atoms with Crippen LogP contribution >= 0.6 is 0 Å². The first-order valence-electron chi connectivity index (χ1n) is 10.2. The third kappa shape index (κ3) is 4.47. The Bertz CT molecular complexity index is 982. The third-order valence-corrected chi connectivity index (χ3v) is 5.22. The molecule has 4 rings (SSSR count). The van der Waals surface area contributed by atoms with E-state index in [9.17, 15) is 4.79 Å². The first-order valence-corrected chi connectivity index (χ1v) is 10.2. The molecule has 29 heavy (non-hydrogen) atoms. The summed E-state index contributed by atoms with van der Waals surface area (Å²) in [7, 11) is 0. The number of hydrogen-bond donors (Lipinski definition) is 1. The van der Waals surface area contributed by atoms with Gasteiger partial charge in [0.1, 0.15) is 17.9 Å². The summed E-state index contributed by atoms with van der Waals surface area (Å²) in [6.07, 6.45) is 5.22. The standard InChI is InChI=1S/C23H26N4O2/c1-2-29-19-9-6-17(7-10-19)15-24-23(28)18-8-11-21-20(14-18)22(26-16-25-21)27-12-4-3-5-13-27/h6-11,14,16H,2-5,12-13,15H2,1H3,(H,24,28). The maximum atomic E-state index is 12.7. The summed E-state index contributed by atoms with van der Waals surface area (Å²) in [5, 5.41) is 3.93. The highest BCUT2D eigenvalue weighted by molar-refractivity contribution is 6.00. The minimum absolute atomic E-state index is 0.103. The summed E-state index contributed by atoms with van der Waals surface area (Å²) in [6.45, 7) is 5.06. The number of aromatic nitrogens is 2. The molecule has 1 amide bonds. The quantitative estimate of drug-likeness (QED) is 0.690. The highest BCUT2D eigenvalue weighted by Crippen LogP contribution is 2.26. The van der Waals surface area contributed by atoms with Crippen LogP contribution in [0.3, 0.4) is 0 Å². The van der Waals surface area contributed by atoms with E-state index >= 15 is 0 Å². The van der Waals surface area contributed by atoms with Crippen molar-refractivity contribution >= 4 is 22.6 Å². The van der Waals surface area contributed by atoms with Gasteiger partial charge in [-0.15, -0.1) is 0 Å². The Labute approximate surface area is 170 Å². The van der Waals surface area contributed by atoms with Crippen molar-refractivity contribution in [3.05, 3.63) is 59.9 Å². The lowest BCUT2D eigenvalue weighted by atomic mass is 10.1. The summed E-state index contributed by atoms with van der Waals surface area (Å²) >= 11 is 0. The summed E-state index contributed by atoms with van der Waals surface area (Å²) < 4.78 is 5.45. The maximum Gasteiger partial charge on any atom is 0.251 e. The molecule has 2 aromatic carbocycles. The van der Waals surface area contributed by atoms with E-state index < -0.39 is 0 Å². The Balaban J connectivity index is 1.50. The Kier molecular flexibility index (Phi) is 5.89. The van der Waals surface area contributed by atoms with E-state index in [0.29, 0.717) is 18.7 Å². The van der Waals surface area contributed by atoms with Crippen molar-refractivity contribution in [2.75, 3.05) is 24.6 Å². The fraction of sp³-hybridized carbons (Fsp3) is 0.348. The van der Waals surface area contributed by atoms with Crippen molar-refractivity contribution in [3.8, 4) is 5.75 Å². The second kappa shape index (κ2) is 8.90. The highest BCUT2D eigenvalue weighted by Gasteiger charge is 2.16. The second-order valence-electron chi connectivity index (χ2n) is 7.24. The van der Waals surface area contributed by atoms with Crippen LogP contribution in [0.5, 0.6) is 5.75 Å². The van der Waals surface area contributed by atoms with E-state index in [4.69, 9.17) is 4.74 Å². The number of nitrogens with zero attached hydrogens (tertiary/aromatic N) is 3. The summed E-state index contributed by atoms with van der Waals surface area (Å²) in [6, 6.07) is 13.4. The molecular weight excluding hydrogens is 364 g/mol. The molecule has 3 aromatic rings. The largest absolute Gasteiger partial charge is 0.494 e. The lowest BCUT2D eigenvalue weighted by Gasteiger charge is -2.28. The number of benzene rings is 2. The number of carbonyl (C=O) groups is 1. The minimum atomic E-state index is -0.103. The van der Waals surface area contributed by atoms with Crippen LogP contribution in [0.1, 0.15) is 42.1 Å². The summed E-state index contributed by atoms with van der Waals surface area (Å²) in [4.78, 5) is 23.9. The molecule has 1 fully saturated rings. The molecule has 0 bridgehead atoms. The number of ether oxygens (including phenoxy) is 1. The van der Waals surface area contributed by atoms with E-state index in [-0.39, 0.29) is 5.91 Å². The normalized spacial score (nSPS) is 14.0. The average molecular weight is 390 g/mol.